The van der Waals surface area contributed by atoms with Crippen LogP contribution in [0.1, 0.15) is 18.9 Å². The summed E-state index contributed by atoms with van der Waals surface area (Å²) in [7, 11) is 0. The third-order valence-corrected chi connectivity index (χ3v) is 6.25. The van der Waals surface area contributed by atoms with Gasteiger partial charge in [-0.2, -0.15) is 0 Å². The van der Waals surface area contributed by atoms with Crippen molar-refractivity contribution in [2.24, 2.45) is 5.92 Å². The summed E-state index contributed by atoms with van der Waals surface area (Å²) in [6.07, 6.45) is 4.17. The van der Waals surface area contributed by atoms with E-state index in [9.17, 15) is 4.79 Å². The molecule has 0 saturated carbocycles. The number of benzene rings is 1. The number of anilines is 1. The molecule has 1 amide bonds. The van der Waals surface area contributed by atoms with Crippen molar-refractivity contribution in [1.82, 2.24) is 19.9 Å². The van der Waals surface area contributed by atoms with Crippen molar-refractivity contribution in [3.05, 3.63) is 54.5 Å². The van der Waals surface area contributed by atoms with Crippen molar-refractivity contribution in [2.75, 3.05) is 24.5 Å². The Labute approximate surface area is 163 Å². The molecule has 4 heterocycles. The molecule has 2 aliphatic rings. The first-order valence-electron chi connectivity index (χ1n) is 9.69. The molecule has 0 bridgehead atoms. The summed E-state index contributed by atoms with van der Waals surface area (Å²) in [5, 5.41) is 1.02. The molecule has 0 radical (unpaired) electrons. The van der Waals surface area contributed by atoms with Gasteiger partial charge in [-0.05, 0) is 24.0 Å². The van der Waals surface area contributed by atoms with Crippen molar-refractivity contribution >= 4 is 22.9 Å². The van der Waals surface area contributed by atoms with Crippen molar-refractivity contribution in [2.45, 2.75) is 25.5 Å². The summed E-state index contributed by atoms with van der Waals surface area (Å²) in [5.74, 6) is 1.37. The highest BCUT2D eigenvalue weighted by atomic mass is 16.6. The van der Waals surface area contributed by atoms with E-state index in [1.165, 1.54) is 0 Å². The van der Waals surface area contributed by atoms with E-state index >= 15 is 0 Å². The maximum Gasteiger partial charge on any atom is 0.410 e. The zero-order chi connectivity index (χ0) is 19.1. The third-order valence-electron chi connectivity index (χ3n) is 6.25. The second kappa shape index (κ2) is 6.51. The Morgan fingerprint density at radius 3 is 2.96 bits per heavy atom. The minimum absolute atomic E-state index is 0.179. The molecule has 3 aromatic rings. The number of likely N-dealkylation sites (tertiary alicyclic amines) is 1. The Balaban J connectivity index is 1.32. The van der Waals surface area contributed by atoms with E-state index in [1.54, 1.807) is 6.33 Å². The predicted octanol–water partition coefficient (Wildman–Crippen LogP) is 3.20. The van der Waals surface area contributed by atoms with Crippen LogP contribution in [-0.2, 0) is 11.3 Å². The van der Waals surface area contributed by atoms with Gasteiger partial charge in [-0.1, -0.05) is 37.3 Å². The van der Waals surface area contributed by atoms with E-state index in [4.69, 9.17) is 4.74 Å². The number of nitrogens with zero attached hydrogens (tertiary/aromatic N) is 4. The van der Waals surface area contributed by atoms with E-state index in [2.05, 4.69) is 26.8 Å². The average Bonchev–Trinajstić information content (AvgIpc) is 3.39. The zero-order valence-electron chi connectivity index (χ0n) is 15.8. The lowest BCUT2D eigenvalue weighted by molar-refractivity contribution is -0.0504. The molecule has 7 heteroatoms. The van der Waals surface area contributed by atoms with E-state index in [0.717, 1.165) is 48.5 Å². The minimum atomic E-state index is -0.224. The summed E-state index contributed by atoms with van der Waals surface area (Å²) < 4.78 is 5.60. The lowest BCUT2D eigenvalue weighted by atomic mass is 9.74. The molecule has 1 N–H and O–H groups in total. The van der Waals surface area contributed by atoms with Crippen LogP contribution in [0.2, 0.25) is 0 Å². The molecule has 0 aliphatic carbocycles. The number of hydrogen-bond acceptors (Lipinski definition) is 5. The summed E-state index contributed by atoms with van der Waals surface area (Å²) in [6.45, 7) is 4.90. The predicted molar refractivity (Wildman–Crippen MR) is 106 cm³/mol. The number of fused-ring (bicyclic) bond motifs is 1. The highest BCUT2D eigenvalue weighted by Crippen LogP contribution is 2.45. The van der Waals surface area contributed by atoms with Gasteiger partial charge in [0.1, 0.15) is 24.4 Å². The van der Waals surface area contributed by atoms with Gasteiger partial charge in [0.2, 0.25) is 0 Å². The minimum Gasteiger partial charge on any atom is -0.445 e. The number of rotatable bonds is 3. The lowest BCUT2D eigenvalue weighted by Gasteiger charge is -2.54. The number of nitrogens with one attached hydrogen (secondary N) is 1. The largest absolute Gasteiger partial charge is 0.445 e. The first-order valence-corrected chi connectivity index (χ1v) is 9.69. The molecular weight excluding hydrogens is 354 g/mol. The molecule has 2 aliphatic heterocycles. The van der Waals surface area contributed by atoms with Crippen molar-refractivity contribution < 1.29 is 9.53 Å². The third kappa shape index (κ3) is 2.61. The van der Waals surface area contributed by atoms with Gasteiger partial charge in [0.15, 0.2) is 0 Å². The monoisotopic (exact) mass is 377 g/mol. The number of carbonyl (C=O) groups is 1. The van der Waals surface area contributed by atoms with Crippen LogP contribution in [0.3, 0.4) is 0 Å². The number of amides is 1. The quantitative estimate of drug-likeness (QED) is 0.759. The van der Waals surface area contributed by atoms with Gasteiger partial charge in [-0.3, -0.25) is 4.90 Å². The fourth-order valence-corrected chi connectivity index (χ4v) is 4.56. The number of hydrogen-bond donors (Lipinski definition) is 1. The molecule has 2 fully saturated rings. The van der Waals surface area contributed by atoms with E-state index < -0.39 is 0 Å². The van der Waals surface area contributed by atoms with E-state index in [0.29, 0.717) is 12.5 Å². The van der Waals surface area contributed by atoms with Gasteiger partial charge < -0.3 is 14.6 Å². The topological polar surface area (TPSA) is 74.3 Å². The van der Waals surface area contributed by atoms with Gasteiger partial charge in [0.25, 0.3) is 0 Å². The SMILES string of the molecule is C[C@H]1CN(C(=O)OCc2ccccc2)[C@]12CCN(c1ncnc3[nH]ccc13)C2. The number of H-pyrrole nitrogens is 1. The number of aromatic amines is 1. The van der Waals surface area contributed by atoms with Crippen LogP contribution in [0.15, 0.2) is 48.9 Å². The number of aromatic nitrogens is 3. The standard InChI is InChI=1S/C21H23N5O2/c1-15-11-26(20(27)28-12-16-5-3-2-4-6-16)21(15)8-10-25(13-21)19-17-7-9-22-18(17)23-14-24-19/h2-7,9,14-15H,8,10-13H2,1H3,(H,22,23,24)/t15-,21-/m0/s1. The fourth-order valence-electron chi connectivity index (χ4n) is 4.56. The molecular formula is C21H23N5O2. The van der Waals surface area contributed by atoms with Crippen molar-refractivity contribution in [3.63, 3.8) is 0 Å². The summed E-state index contributed by atoms with van der Waals surface area (Å²) >= 11 is 0. The molecule has 1 spiro atoms. The zero-order valence-corrected chi connectivity index (χ0v) is 15.8. The molecule has 1 aromatic carbocycles. The molecule has 2 saturated heterocycles. The molecule has 2 aromatic heterocycles. The summed E-state index contributed by atoms with van der Waals surface area (Å²) in [4.78, 5) is 28.9. The van der Waals surface area contributed by atoms with Crippen LogP contribution in [0.25, 0.3) is 11.0 Å². The van der Waals surface area contributed by atoms with Gasteiger partial charge in [-0.25, -0.2) is 14.8 Å². The first-order chi connectivity index (χ1) is 13.7. The van der Waals surface area contributed by atoms with Gasteiger partial charge in [-0.15, -0.1) is 0 Å². The average molecular weight is 377 g/mol. The second-order valence-corrected chi connectivity index (χ2v) is 7.76. The van der Waals surface area contributed by atoms with E-state index in [1.807, 2.05) is 47.5 Å². The fraction of sp³-hybridized carbons (Fsp3) is 0.381. The van der Waals surface area contributed by atoms with Gasteiger partial charge in [0.05, 0.1) is 10.9 Å². The van der Waals surface area contributed by atoms with Crippen LogP contribution < -0.4 is 4.90 Å². The highest BCUT2D eigenvalue weighted by molar-refractivity contribution is 5.87. The normalized spacial score (nSPS) is 24.0. The van der Waals surface area contributed by atoms with Crippen LogP contribution in [0.4, 0.5) is 10.6 Å². The summed E-state index contributed by atoms with van der Waals surface area (Å²) in [6, 6.07) is 11.8. The lowest BCUT2D eigenvalue weighted by Crippen LogP contribution is -2.69. The van der Waals surface area contributed by atoms with Crippen LogP contribution in [0, 0.1) is 5.92 Å². The Morgan fingerprint density at radius 1 is 1.29 bits per heavy atom. The van der Waals surface area contributed by atoms with Crippen molar-refractivity contribution in [1.29, 1.82) is 0 Å². The maximum atomic E-state index is 12.8. The molecule has 7 nitrogen and oxygen atoms in total. The Hall–Kier alpha value is -3.09. The molecule has 5 rings (SSSR count). The molecule has 2 atom stereocenters. The van der Waals surface area contributed by atoms with Crippen LogP contribution in [0.5, 0.6) is 0 Å². The Bertz CT molecular complexity index is 1000. The molecule has 0 unspecified atom stereocenters. The van der Waals surface area contributed by atoms with Crippen LogP contribution in [-0.4, -0.2) is 51.1 Å². The summed E-state index contributed by atoms with van der Waals surface area (Å²) in [5.41, 5.74) is 1.66. The Kier molecular flexibility index (Phi) is 3.96. The van der Waals surface area contributed by atoms with E-state index in [-0.39, 0.29) is 11.6 Å². The first kappa shape index (κ1) is 17.0. The van der Waals surface area contributed by atoms with Crippen LogP contribution >= 0.6 is 0 Å². The van der Waals surface area contributed by atoms with Crippen molar-refractivity contribution in [3.8, 4) is 0 Å². The Morgan fingerprint density at radius 2 is 2.14 bits per heavy atom. The second-order valence-electron chi connectivity index (χ2n) is 7.76. The number of ether oxygens (including phenoxy) is 1. The molecule has 28 heavy (non-hydrogen) atoms. The van der Waals surface area contributed by atoms with Gasteiger partial charge in [0, 0.05) is 25.8 Å². The highest BCUT2D eigenvalue weighted by Gasteiger charge is 2.57. The smallest absolute Gasteiger partial charge is 0.410 e. The molecule has 144 valence electrons. The number of carbonyl (C=O) groups excluding carboxylic acids is 1. The maximum absolute atomic E-state index is 12.8. The van der Waals surface area contributed by atoms with Gasteiger partial charge >= 0.3 is 6.09 Å².